The largest absolute Gasteiger partial charge is 0.391 e. The summed E-state index contributed by atoms with van der Waals surface area (Å²) in [7, 11) is 0. The predicted octanol–water partition coefficient (Wildman–Crippen LogP) is 0.520. The van der Waals surface area contributed by atoms with E-state index in [-0.39, 0.29) is 12.7 Å². The van der Waals surface area contributed by atoms with Crippen molar-refractivity contribution in [2.24, 2.45) is 0 Å². The lowest BCUT2D eigenvalue weighted by atomic mass is 10.2. The standard InChI is InChI=1S/C7H14O3/c1-6-3-4-9-7(2,5-8)10-6/h6,8H,3-5H2,1-2H3/t6-,7+/m0/s1. The van der Waals surface area contributed by atoms with E-state index in [1.54, 1.807) is 6.92 Å². The van der Waals surface area contributed by atoms with Crippen molar-refractivity contribution in [3.05, 3.63) is 0 Å². The van der Waals surface area contributed by atoms with Gasteiger partial charge in [0.2, 0.25) is 0 Å². The highest BCUT2D eigenvalue weighted by molar-refractivity contribution is 4.68. The highest BCUT2D eigenvalue weighted by Crippen LogP contribution is 2.21. The van der Waals surface area contributed by atoms with Gasteiger partial charge < -0.3 is 14.6 Å². The van der Waals surface area contributed by atoms with E-state index < -0.39 is 5.79 Å². The molecule has 0 aromatic carbocycles. The fourth-order valence-corrected chi connectivity index (χ4v) is 1.04. The number of ether oxygens (including phenoxy) is 2. The Morgan fingerprint density at radius 3 is 2.80 bits per heavy atom. The van der Waals surface area contributed by atoms with E-state index in [4.69, 9.17) is 14.6 Å². The van der Waals surface area contributed by atoms with Crippen molar-refractivity contribution in [3.63, 3.8) is 0 Å². The second-order valence-corrected chi connectivity index (χ2v) is 2.86. The third-order valence-corrected chi connectivity index (χ3v) is 1.67. The molecule has 0 saturated carbocycles. The Morgan fingerprint density at radius 2 is 2.40 bits per heavy atom. The number of hydrogen-bond acceptors (Lipinski definition) is 3. The Morgan fingerprint density at radius 1 is 1.70 bits per heavy atom. The molecule has 0 amide bonds. The summed E-state index contributed by atoms with van der Waals surface area (Å²) >= 11 is 0. The topological polar surface area (TPSA) is 38.7 Å². The SMILES string of the molecule is C[C@H]1CCO[C@@](C)(CO)O1. The summed E-state index contributed by atoms with van der Waals surface area (Å²) in [6, 6.07) is 0. The van der Waals surface area contributed by atoms with Crippen molar-refractivity contribution >= 4 is 0 Å². The van der Waals surface area contributed by atoms with Gasteiger partial charge in [0, 0.05) is 0 Å². The molecule has 1 N–H and O–H groups in total. The van der Waals surface area contributed by atoms with Gasteiger partial charge in [0.05, 0.1) is 19.3 Å². The maximum Gasteiger partial charge on any atom is 0.188 e. The summed E-state index contributed by atoms with van der Waals surface area (Å²) in [4.78, 5) is 0. The quantitative estimate of drug-likeness (QED) is 0.586. The van der Waals surface area contributed by atoms with Crippen molar-refractivity contribution in [3.8, 4) is 0 Å². The first-order valence-corrected chi connectivity index (χ1v) is 3.59. The fourth-order valence-electron chi connectivity index (χ4n) is 1.04. The molecule has 1 heterocycles. The fraction of sp³-hybridized carbons (Fsp3) is 1.00. The van der Waals surface area contributed by atoms with Crippen LogP contribution < -0.4 is 0 Å². The summed E-state index contributed by atoms with van der Waals surface area (Å²) in [5.74, 6) is -0.752. The zero-order valence-corrected chi connectivity index (χ0v) is 6.46. The number of aliphatic hydroxyl groups excluding tert-OH is 1. The Hall–Kier alpha value is -0.120. The molecule has 1 aliphatic rings. The molecule has 1 saturated heterocycles. The van der Waals surface area contributed by atoms with Gasteiger partial charge in [-0.3, -0.25) is 0 Å². The molecule has 0 radical (unpaired) electrons. The smallest absolute Gasteiger partial charge is 0.188 e. The summed E-state index contributed by atoms with van der Waals surface area (Å²) in [5.41, 5.74) is 0. The Kier molecular flexibility index (Phi) is 2.28. The maximum atomic E-state index is 8.82. The minimum absolute atomic E-state index is 0.0721. The van der Waals surface area contributed by atoms with Gasteiger partial charge in [0.25, 0.3) is 0 Å². The van der Waals surface area contributed by atoms with Crippen LogP contribution in [0.2, 0.25) is 0 Å². The van der Waals surface area contributed by atoms with Crippen LogP contribution in [0.4, 0.5) is 0 Å². The van der Waals surface area contributed by atoms with E-state index in [1.165, 1.54) is 0 Å². The van der Waals surface area contributed by atoms with E-state index in [0.717, 1.165) is 6.42 Å². The molecule has 0 aromatic heterocycles. The lowest BCUT2D eigenvalue weighted by Crippen LogP contribution is -2.44. The van der Waals surface area contributed by atoms with Crippen molar-refractivity contribution < 1.29 is 14.6 Å². The Bertz CT molecular complexity index is 115. The van der Waals surface area contributed by atoms with E-state index >= 15 is 0 Å². The van der Waals surface area contributed by atoms with E-state index in [1.807, 2.05) is 6.92 Å². The molecule has 10 heavy (non-hydrogen) atoms. The zero-order chi connectivity index (χ0) is 7.61. The van der Waals surface area contributed by atoms with Gasteiger partial charge in [-0.1, -0.05) is 0 Å². The van der Waals surface area contributed by atoms with Gasteiger partial charge in [0.1, 0.15) is 0 Å². The van der Waals surface area contributed by atoms with Crippen molar-refractivity contribution in [1.29, 1.82) is 0 Å². The molecule has 1 aliphatic heterocycles. The molecule has 3 nitrogen and oxygen atoms in total. The first kappa shape index (κ1) is 7.98. The first-order valence-electron chi connectivity index (χ1n) is 3.59. The lowest BCUT2D eigenvalue weighted by molar-refractivity contribution is -0.292. The van der Waals surface area contributed by atoms with Crippen LogP contribution in [0.3, 0.4) is 0 Å². The second-order valence-electron chi connectivity index (χ2n) is 2.86. The van der Waals surface area contributed by atoms with E-state index in [2.05, 4.69) is 0 Å². The second kappa shape index (κ2) is 2.86. The molecule has 1 fully saturated rings. The van der Waals surface area contributed by atoms with Crippen molar-refractivity contribution in [2.45, 2.75) is 32.2 Å². The molecular formula is C7H14O3. The lowest BCUT2D eigenvalue weighted by Gasteiger charge is -2.35. The monoisotopic (exact) mass is 146 g/mol. The minimum atomic E-state index is -0.752. The molecule has 0 aromatic rings. The van der Waals surface area contributed by atoms with Gasteiger partial charge >= 0.3 is 0 Å². The van der Waals surface area contributed by atoms with Gasteiger partial charge in [-0.2, -0.15) is 0 Å². The molecule has 2 atom stereocenters. The average Bonchev–Trinajstić information content (AvgIpc) is 1.88. The first-order chi connectivity index (χ1) is 4.66. The van der Waals surface area contributed by atoms with E-state index in [0.29, 0.717) is 6.61 Å². The van der Waals surface area contributed by atoms with Crippen LogP contribution in [0.1, 0.15) is 20.3 Å². The third kappa shape index (κ3) is 1.68. The summed E-state index contributed by atoms with van der Waals surface area (Å²) in [5, 5.41) is 8.82. The third-order valence-electron chi connectivity index (χ3n) is 1.67. The zero-order valence-electron chi connectivity index (χ0n) is 6.46. The summed E-state index contributed by atoms with van der Waals surface area (Å²) in [6.45, 7) is 4.34. The van der Waals surface area contributed by atoms with E-state index in [9.17, 15) is 0 Å². The number of aliphatic hydroxyl groups is 1. The average molecular weight is 146 g/mol. The van der Waals surface area contributed by atoms with Crippen LogP contribution in [0, 0.1) is 0 Å². The minimum Gasteiger partial charge on any atom is -0.391 e. The van der Waals surface area contributed by atoms with Gasteiger partial charge in [-0.25, -0.2) is 0 Å². The summed E-state index contributed by atoms with van der Waals surface area (Å²) < 4.78 is 10.6. The molecule has 1 rings (SSSR count). The highest BCUT2D eigenvalue weighted by atomic mass is 16.7. The Balaban J connectivity index is 2.45. The van der Waals surface area contributed by atoms with Crippen molar-refractivity contribution in [1.82, 2.24) is 0 Å². The van der Waals surface area contributed by atoms with Gasteiger partial charge in [-0.15, -0.1) is 0 Å². The Labute approximate surface area is 60.9 Å². The molecule has 60 valence electrons. The van der Waals surface area contributed by atoms with Crippen LogP contribution >= 0.6 is 0 Å². The normalized spacial score (nSPS) is 41.7. The molecule has 0 bridgehead atoms. The predicted molar refractivity (Wildman–Crippen MR) is 36.6 cm³/mol. The molecular weight excluding hydrogens is 132 g/mol. The molecule has 3 heteroatoms. The van der Waals surface area contributed by atoms with Gasteiger partial charge in [-0.05, 0) is 20.3 Å². The number of rotatable bonds is 1. The van der Waals surface area contributed by atoms with Crippen LogP contribution in [0.25, 0.3) is 0 Å². The van der Waals surface area contributed by atoms with Crippen LogP contribution in [0.5, 0.6) is 0 Å². The van der Waals surface area contributed by atoms with Crippen LogP contribution in [-0.4, -0.2) is 30.2 Å². The molecule has 0 spiro atoms. The highest BCUT2D eigenvalue weighted by Gasteiger charge is 2.31. The maximum absolute atomic E-state index is 8.82. The summed E-state index contributed by atoms with van der Waals surface area (Å²) in [6.07, 6.45) is 1.11. The van der Waals surface area contributed by atoms with Gasteiger partial charge in [0.15, 0.2) is 5.79 Å². The van der Waals surface area contributed by atoms with Crippen LogP contribution in [0.15, 0.2) is 0 Å². The number of hydrogen-bond donors (Lipinski definition) is 1. The van der Waals surface area contributed by atoms with Crippen LogP contribution in [-0.2, 0) is 9.47 Å². The molecule has 0 unspecified atom stereocenters. The molecule has 0 aliphatic carbocycles. The van der Waals surface area contributed by atoms with Crippen molar-refractivity contribution in [2.75, 3.05) is 13.2 Å².